The molecule has 2 heteroatoms. The molecular weight excluding hydrogens is 731 g/mol. The van der Waals surface area contributed by atoms with Gasteiger partial charge in [-0.15, -0.1) is 11.3 Å². The summed E-state index contributed by atoms with van der Waals surface area (Å²) in [6.45, 7) is 0. The van der Waals surface area contributed by atoms with Gasteiger partial charge in [-0.25, -0.2) is 0 Å². The monoisotopic (exact) mass is 765 g/mol. The average Bonchev–Trinajstić information content (AvgIpc) is 3.93. The summed E-state index contributed by atoms with van der Waals surface area (Å²) < 4.78 is 2.66. The SMILES string of the molecule is c1ccc2c(c1)-c1ccccc1C21c2ccccc2-c2ccc(N(c3ccc(-c4cccc5c4sc4ccccc45)cc3)c3cccc4ccc5ccccc5c34)cc21. The molecule has 59 heavy (non-hydrogen) atoms. The van der Waals surface area contributed by atoms with E-state index in [1.165, 1.54) is 97.4 Å². The predicted molar refractivity (Wildman–Crippen MR) is 251 cm³/mol. The fourth-order valence-corrected chi connectivity index (χ4v) is 11.9. The van der Waals surface area contributed by atoms with Crippen molar-refractivity contribution in [2.75, 3.05) is 4.90 Å². The second-order valence-corrected chi connectivity index (χ2v) is 17.0. The summed E-state index contributed by atoms with van der Waals surface area (Å²) in [5.74, 6) is 0. The molecule has 0 N–H and O–H groups in total. The number of benzene rings is 10. The number of nitrogens with zero attached hydrogens (tertiary/aromatic N) is 1. The van der Waals surface area contributed by atoms with E-state index in [4.69, 9.17) is 0 Å². The Kier molecular flexibility index (Phi) is 6.87. The van der Waals surface area contributed by atoms with Crippen LogP contribution in [0.2, 0.25) is 0 Å². The highest BCUT2D eigenvalue weighted by Gasteiger charge is 2.51. The van der Waals surface area contributed by atoms with E-state index in [0.29, 0.717) is 0 Å². The molecule has 274 valence electrons. The number of anilines is 3. The first-order chi connectivity index (χ1) is 29.3. The van der Waals surface area contributed by atoms with Gasteiger partial charge in [0.15, 0.2) is 0 Å². The Morgan fingerprint density at radius 1 is 0.356 bits per heavy atom. The predicted octanol–water partition coefficient (Wildman–Crippen LogP) is 15.8. The van der Waals surface area contributed by atoms with E-state index in [9.17, 15) is 0 Å². The zero-order chi connectivity index (χ0) is 38.7. The summed E-state index contributed by atoms with van der Waals surface area (Å²) in [5.41, 5.74) is 16.1. The molecule has 0 bridgehead atoms. The van der Waals surface area contributed by atoms with Crippen LogP contribution in [0.1, 0.15) is 22.3 Å². The lowest BCUT2D eigenvalue weighted by molar-refractivity contribution is 0.793. The quantitative estimate of drug-likeness (QED) is 0.161. The number of thiophene rings is 1. The summed E-state index contributed by atoms with van der Waals surface area (Å²) in [7, 11) is 0. The third-order valence-electron chi connectivity index (χ3n) is 13.1. The van der Waals surface area contributed by atoms with Crippen LogP contribution < -0.4 is 4.90 Å². The van der Waals surface area contributed by atoms with Gasteiger partial charge in [-0.1, -0.05) is 176 Å². The molecule has 10 aromatic carbocycles. The van der Waals surface area contributed by atoms with E-state index in [1.54, 1.807) is 0 Å². The number of hydrogen-bond donors (Lipinski definition) is 0. The lowest BCUT2D eigenvalue weighted by Crippen LogP contribution is -2.26. The zero-order valence-corrected chi connectivity index (χ0v) is 32.9. The van der Waals surface area contributed by atoms with Gasteiger partial charge in [-0.2, -0.15) is 0 Å². The van der Waals surface area contributed by atoms with Crippen molar-refractivity contribution in [2.45, 2.75) is 5.41 Å². The molecule has 0 amide bonds. The van der Waals surface area contributed by atoms with Crippen molar-refractivity contribution in [1.82, 2.24) is 0 Å². The van der Waals surface area contributed by atoms with Gasteiger partial charge < -0.3 is 4.90 Å². The highest BCUT2D eigenvalue weighted by atomic mass is 32.1. The van der Waals surface area contributed by atoms with Gasteiger partial charge in [0.05, 0.1) is 11.1 Å². The van der Waals surface area contributed by atoms with Gasteiger partial charge >= 0.3 is 0 Å². The van der Waals surface area contributed by atoms with Crippen LogP contribution in [-0.4, -0.2) is 0 Å². The third kappa shape index (κ3) is 4.50. The maximum Gasteiger partial charge on any atom is 0.0726 e. The maximum atomic E-state index is 2.50. The van der Waals surface area contributed by atoms with Crippen LogP contribution in [0.4, 0.5) is 17.1 Å². The maximum absolute atomic E-state index is 2.50. The molecule has 11 aromatic rings. The first kappa shape index (κ1) is 32.8. The standard InChI is InChI=1S/C57H35NS/c1-2-15-41-36(13-1)27-28-38-14-11-25-53(55(38)41)58(39-31-29-37(30-32-39)42-20-12-21-48-47-19-6-10-26-54(47)59-56(42)48)40-33-34-46-45-18-5-9-24-51(45)57(52(46)35-40)49-22-7-3-16-43(49)44-17-4-8-23-50(44)57/h1-35H. The summed E-state index contributed by atoms with van der Waals surface area (Å²) in [5, 5.41) is 7.61. The second-order valence-electron chi connectivity index (χ2n) is 15.9. The molecule has 1 spiro atoms. The van der Waals surface area contributed by atoms with E-state index >= 15 is 0 Å². The molecule has 0 fully saturated rings. The minimum atomic E-state index is -0.432. The highest BCUT2D eigenvalue weighted by Crippen LogP contribution is 2.63. The largest absolute Gasteiger partial charge is 0.310 e. The number of fused-ring (bicyclic) bond motifs is 16. The lowest BCUT2D eigenvalue weighted by atomic mass is 9.70. The Labute approximate surface area is 346 Å². The van der Waals surface area contributed by atoms with E-state index in [0.717, 1.165) is 17.1 Å². The van der Waals surface area contributed by atoms with Gasteiger partial charge in [-0.3, -0.25) is 0 Å². The fraction of sp³-hybridized carbons (Fsp3) is 0.0175. The van der Waals surface area contributed by atoms with Crippen molar-refractivity contribution >= 4 is 70.1 Å². The van der Waals surface area contributed by atoms with Crippen LogP contribution in [0.3, 0.4) is 0 Å². The fourth-order valence-electron chi connectivity index (χ4n) is 10.6. The van der Waals surface area contributed by atoms with Gasteiger partial charge in [0, 0.05) is 36.9 Å². The lowest BCUT2D eigenvalue weighted by Gasteiger charge is -2.32. The summed E-state index contributed by atoms with van der Waals surface area (Å²) in [6, 6.07) is 79.3. The third-order valence-corrected chi connectivity index (χ3v) is 14.3. The van der Waals surface area contributed by atoms with Crippen LogP contribution in [0.5, 0.6) is 0 Å². The zero-order valence-electron chi connectivity index (χ0n) is 32.1. The molecular formula is C57H35NS. The van der Waals surface area contributed by atoms with Crippen molar-refractivity contribution in [3.63, 3.8) is 0 Å². The molecule has 0 atom stereocenters. The molecule has 0 saturated heterocycles. The van der Waals surface area contributed by atoms with Gasteiger partial charge in [0.1, 0.15) is 0 Å². The van der Waals surface area contributed by atoms with Crippen molar-refractivity contribution in [3.05, 3.63) is 235 Å². The molecule has 2 aliphatic carbocycles. The van der Waals surface area contributed by atoms with Crippen molar-refractivity contribution in [2.24, 2.45) is 0 Å². The number of hydrogen-bond acceptors (Lipinski definition) is 2. The van der Waals surface area contributed by atoms with E-state index in [-0.39, 0.29) is 0 Å². The Morgan fingerprint density at radius 2 is 0.898 bits per heavy atom. The minimum absolute atomic E-state index is 0.432. The first-order valence-electron chi connectivity index (χ1n) is 20.4. The normalized spacial score (nSPS) is 13.2. The van der Waals surface area contributed by atoms with Crippen LogP contribution in [0, 0.1) is 0 Å². The van der Waals surface area contributed by atoms with Gasteiger partial charge in [0.25, 0.3) is 0 Å². The summed E-state index contributed by atoms with van der Waals surface area (Å²) in [6.07, 6.45) is 0. The molecule has 2 aliphatic rings. The highest BCUT2D eigenvalue weighted by molar-refractivity contribution is 7.26. The van der Waals surface area contributed by atoms with E-state index in [1.807, 2.05) is 11.3 Å². The van der Waals surface area contributed by atoms with Crippen molar-refractivity contribution < 1.29 is 0 Å². The van der Waals surface area contributed by atoms with Crippen LogP contribution in [0.25, 0.3) is 75.1 Å². The van der Waals surface area contributed by atoms with E-state index in [2.05, 4.69) is 217 Å². The van der Waals surface area contributed by atoms with Crippen LogP contribution in [0.15, 0.2) is 212 Å². The Hall–Kier alpha value is -7.26. The molecule has 1 aromatic heterocycles. The molecule has 13 rings (SSSR count). The second kappa shape index (κ2) is 12.4. The van der Waals surface area contributed by atoms with E-state index < -0.39 is 5.41 Å². The topological polar surface area (TPSA) is 3.24 Å². The van der Waals surface area contributed by atoms with Crippen molar-refractivity contribution in [3.8, 4) is 33.4 Å². The molecule has 1 nitrogen and oxygen atoms in total. The molecule has 0 radical (unpaired) electrons. The average molecular weight is 766 g/mol. The summed E-state index contributed by atoms with van der Waals surface area (Å²) >= 11 is 1.89. The van der Waals surface area contributed by atoms with Gasteiger partial charge in [-0.05, 0) is 108 Å². The smallest absolute Gasteiger partial charge is 0.0726 e. The molecule has 1 heterocycles. The van der Waals surface area contributed by atoms with Gasteiger partial charge in [0.2, 0.25) is 0 Å². The molecule has 0 aliphatic heterocycles. The van der Waals surface area contributed by atoms with Crippen LogP contribution in [-0.2, 0) is 5.41 Å². The van der Waals surface area contributed by atoms with Crippen LogP contribution >= 0.6 is 11.3 Å². The number of rotatable bonds is 4. The van der Waals surface area contributed by atoms with Crippen molar-refractivity contribution in [1.29, 1.82) is 0 Å². The Morgan fingerprint density at radius 3 is 1.64 bits per heavy atom. The summed E-state index contributed by atoms with van der Waals surface area (Å²) in [4.78, 5) is 2.50. The molecule has 0 saturated carbocycles. The minimum Gasteiger partial charge on any atom is -0.310 e. The Bertz CT molecular complexity index is 3450. The molecule has 0 unspecified atom stereocenters. The first-order valence-corrected chi connectivity index (χ1v) is 21.2. The Balaban J connectivity index is 1.07.